The topological polar surface area (TPSA) is 49.9 Å². The molecule has 0 spiro atoms. The standard InChI is InChI=1S/C27H29ClN2O3S/c1-3-4-15-29(27(32)20-7-11-22(33-2)12-8-20)18-25(31)30-16-13-24-23(14-17-34-24)26(30)19-5-9-21(28)10-6-19/h5-12,14,17,26H,3-4,13,15-16,18H2,1-2H3. The van der Waals surface area contributed by atoms with Gasteiger partial charge in [-0.25, -0.2) is 0 Å². The molecule has 1 aliphatic rings. The first kappa shape index (κ1) is 24.3. The molecule has 7 heteroatoms. The van der Waals surface area contributed by atoms with Crippen molar-refractivity contribution in [3.05, 3.63) is 86.6 Å². The lowest BCUT2D eigenvalue weighted by Crippen LogP contribution is -2.47. The molecule has 2 heterocycles. The van der Waals surface area contributed by atoms with E-state index in [2.05, 4.69) is 18.4 Å². The molecule has 34 heavy (non-hydrogen) atoms. The molecule has 0 saturated heterocycles. The first-order valence-corrected chi connectivity index (χ1v) is 12.8. The summed E-state index contributed by atoms with van der Waals surface area (Å²) in [6.45, 7) is 3.29. The van der Waals surface area contributed by atoms with Crippen molar-refractivity contribution in [2.75, 3.05) is 26.7 Å². The van der Waals surface area contributed by atoms with Crippen LogP contribution in [0.5, 0.6) is 5.75 Å². The Kier molecular flexibility index (Phi) is 7.91. The van der Waals surface area contributed by atoms with Crippen LogP contribution >= 0.6 is 22.9 Å². The van der Waals surface area contributed by atoms with Crippen molar-refractivity contribution >= 4 is 34.8 Å². The monoisotopic (exact) mass is 496 g/mol. The van der Waals surface area contributed by atoms with E-state index >= 15 is 0 Å². The van der Waals surface area contributed by atoms with Crippen LogP contribution in [0.2, 0.25) is 5.02 Å². The molecule has 0 radical (unpaired) electrons. The van der Waals surface area contributed by atoms with Crippen molar-refractivity contribution < 1.29 is 14.3 Å². The minimum absolute atomic E-state index is 0.0465. The van der Waals surface area contributed by atoms with E-state index in [1.54, 1.807) is 47.6 Å². The van der Waals surface area contributed by atoms with Crippen molar-refractivity contribution in [2.45, 2.75) is 32.2 Å². The highest BCUT2D eigenvalue weighted by Crippen LogP contribution is 2.38. The van der Waals surface area contributed by atoms with Gasteiger partial charge in [0.2, 0.25) is 5.91 Å². The molecule has 5 nitrogen and oxygen atoms in total. The summed E-state index contributed by atoms with van der Waals surface area (Å²) in [6.07, 6.45) is 2.60. The zero-order chi connectivity index (χ0) is 24.1. The van der Waals surface area contributed by atoms with Gasteiger partial charge in [0.1, 0.15) is 12.3 Å². The number of methoxy groups -OCH3 is 1. The van der Waals surface area contributed by atoms with Crippen LogP contribution in [0.4, 0.5) is 0 Å². The third-order valence-electron chi connectivity index (χ3n) is 6.20. The van der Waals surface area contributed by atoms with Gasteiger partial charge in [0.15, 0.2) is 0 Å². The maximum absolute atomic E-state index is 13.7. The van der Waals surface area contributed by atoms with Crippen LogP contribution in [0.1, 0.15) is 52.2 Å². The Labute approximate surface area is 209 Å². The summed E-state index contributed by atoms with van der Waals surface area (Å²) in [5, 5.41) is 2.75. The number of fused-ring (bicyclic) bond motifs is 1. The number of unbranched alkanes of at least 4 members (excludes halogenated alkanes) is 1. The Morgan fingerprint density at radius 3 is 2.53 bits per heavy atom. The Bertz CT molecular complexity index is 1130. The molecule has 1 aromatic heterocycles. The highest BCUT2D eigenvalue weighted by Gasteiger charge is 2.34. The molecule has 0 fully saturated rings. The quantitative estimate of drug-likeness (QED) is 0.394. The number of benzene rings is 2. The van der Waals surface area contributed by atoms with E-state index in [-0.39, 0.29) is 24.4 Å². The maximum Gasteiger partial charge on any atom is 0.254 e. The summed E-state index contributed by atoms with van der Waals surface area (Å²) in [6, 6.07) is 16.7. The lowest BCUT2D eigenvalue weighted by molar-refractivity contribution is -0.134. The Hall–Kier alpha value is -2.83. The molecule has 2 aromatic carbocycles. The summed E-state index contributed by atoms with van der Waals surface area (Å²) in [7, 11) is 1.59. The van der Waals surface area contributed by atoms with E-state index in [1.807, 2.05) is 29.2 Å². The van der Waals surface area contributed by atoms with Gasteiger partial charge >= 0.3 is 0 Å². The third kappa shape index (κ3) is 5.29. The molecule has 1 aliphatic heterocycles. The number of ether oxygens (including phenoxy) is 1. The second-order valence-electron chi connectivity index (χ2n) is 8.40. The number of hydrogen-bond acceptors (Lipinski definition) is 4. The average Bonchev–Trinajstić information content (AvgIpc) is 3.35. The minimum Gasteiger partial charge on any atom is -0.497 e. The smallest absolute Gasteiger partial charge is 0.254 e. The number of nitrogens with zero attached hydrogens (tertiary/aromatic N) is 2. The van der Waals surface area contributed by atoms with Crippen molar-refractivity contribution in [3.63, 3.8) is 0 Å². The minimum atomic E-state index is -0.177. The lowest BCUT2D eigenvalue weighted by atomic mass is 9.93. The van der Waals surface area contributed by atoms with E-state index in [9.17, 15) is 9.59 Å². The summed E-state index contributed by atoms with van der Waals surface area (Å²) in [4.78, 5) is 31.9. The number of amides is 2. The predicted octanol–water partition coefficient (Wildman–Crippen LogP) is 5.83. The number of carbonyl (C=O) groups excluding carboxylic acids is 2. The Morgan fingerprint density at radius 1 is 1.12 bits per heavy atom. The molecule has 0 saturated carbocycles. The van der Waals surface area contributed by atoms with E-state index in [1.165, 1.54) is 4.88 Å². The molecule has 4 rings (SSSR count). The van der Waals surface area contributed by atoms with E-state index in [0.717, 1.165) is 30.4 Å². The Morgan fingerprint density at radius 2 is 1.85 bits per heavy atom. The number of carbonyl (C=O) groups is 2. The molecule has 0 bridgehead atoms. The van der Waals surface area contributed by atoms with Crippen molar-refractivity contribution in [1.29, 1.82) is 0 Å². The van der Waals surface area contributed by atoms with Crippen LogP contribution in [-0.4, -0.2) is 48.4 Å². The van der Waals surface area contributed by atoms with E-state index in [0.29, 0.717) is 29.4 Å². The largest absolute Gasteiger partial charge is 0.497 e. The number of rotatable bonds is 8. The molecule has 1 atom stereocenters. The zero-order valence-electron chi connectivity index (χ0n) is 19.5. The van der Waals surface area contributed by atoms with Crippen molar-refractivity contribution in [3.8, 4) is 5.75 Å². The highest BCUT2D eigenvalue weighted by molar-refractivity contribution is 7.10. The van der Waals surface area contributed by atoms with Gasteiger partial charge < -0.3 is 14.5 Å². The lowest BCUT2D eigenvalue weighted by Gasteiger charge is -2.37. The molecule has 3 aromatic rings. The zero-order valence-corrected chi connectivity index (χ0v) is 21.1. The van der Waals surface area contributed by atoms with Crippen LogP contribution in [0.15, 0.2) is 60.0 Å². The van der Waals surface area contributed by atoms with Gasteiger partial charge in [-0.05, 0) is 71.8 Å². The number of halogens is 1. The first-order valence-electron chi connectivity index (χ1n) is 11.6. The highest BCUT2D eigenvalue weighted by atomic mass is 35.5. The van der Waals surface area contributed by atoms with Gasteiger partial charge in [-0.2, -0.15) is 0 Å². The van der Waals surface area contributed by atoms with Gasteiger partial charge in [-0.15, -0.1) is 11.3 Å². The van der Waals surface area contributed by atoms with Crippen LogP contribution in [0.25, 0.3) is 0 Å². The SMILES string of the molecule is CCCCN(CC(=O)N1CCc2sccc2C1c1ccc(Cl)cc1)C(=O)c1ccc(OC)cc1. The normalized spacial score (nSPS) is 15.0. The number of thiophene rings is 1. The second-order valence-corrected chi connectivity index (χ2v) is 9.84. The van der Waals surface area contributed by atoms with Crippen LogP contribution in [0, 0.1) is 0 Å². The second kappa shape index (κ2) is 11.1. The van der Waals surface area contributed by atoms with Gasteiger partial charge in [0.25, 0.3) is 5.91 Å². The van der Waals surface area contributed by atoms with Crippen molar-refractivity contribution in [2.24, 2.45) is 0 Å². The van der Waals surface area contributed by atoms with Gasteiger partial charge in [-0.1, -0.05) is 37.1 Å². The fourth-order valence-corrected chi connectivity index (χ4v) is 5.39. The Balaban J connectivity index is 1.59. The van der Waals surface area contributed by atoms with E-state index < -0.39 is 0 Å². The molecule has 2 amide bonds. The molecule has 0 N–H and O–H groups in total. The third-order valence-corrected chi connectivity index (χ3v) is 7.45. The predicted molar refractivity (Wildman–Crippen MR) is 137 cm³/mol. The van der Waals surface area contributed by atoms with Crippen LogP contribution < -0.4 is 4.74 Å². The van der Waals surface area contributed by atoms with Gasteiger partial charge in [0, 0.05) is 28.6 Å². The van der Waals surface area contributed by atoms with Gasteiger partial charge in [0.05, 0.1) is 13.2 Å². The summed E-state index contributed by atoms with van der Waals surface area (Å²) >= 11 is 7.86. The summed E-state index contributed by atoms with van der Waals surface area (Å²) < 4.78 is 5.21. The molecular weight excluding hydrogens is 468 g/mol. The van der Waals surface area contributed by atoms with Crippen LogP contribution in [-0.2, 0) is 11.2 Å². The fraction of sp³-hybridized carbons (Fsp3) is 0.333. The first-order chi connectivity index (χ1) is 16.5. The molecular formula is C27H29ClN2O3S. The molecule has 0 aliphatic carbocycles. The summed E-state index contributed by atoms with van der Waals surface area (Å²) in [5.41, 5.74) is 2.74. The van der Waals surface area contributed by atoms with Crippen LogP contribution in [0.3, 0.4) is 0 Å². The molecule has 1 unspecified atom stereocenters. The van der Waals surface area contributed by atoms with Crippen molar-refractivity contribution in [1.82, 2.24) is 9.80 Å². The van der Waals surface area contributed by atoms with E-state index in [4.69, 9.17) is 16.3 Å². The number of hydrogen-bond donors (Lipinski definition) is 0. The average molecular weight is 497 g/mol. The fourth-order valence-electron chi connectivity index (χ4n) is 4.36. The molecule has 178 valence electrons. The summed E-state index contributed by atoms with van der Waals surface area (Å²) in [5.74, 6) is 0.508. The van der Waals surface area contributed by atoms with Gasteiger partial charge in [-0.3, -0.25) is 9.59 Å². The maximum atomic E-state index is 13.7.